The van der Waals surface area contributed by atoms with Crippen molar-refractivity contribution in [2.24, 2.45) is 11.8 Å². The van der Waals surface area contributed by atoms with Gasteiger partial charge in [-0.05, 0) is 36.8 Å². The van der Waals surface area contributed by atoms with Crippen LogP contribution >= 0.6 is 0 Å². The lowest BCUT2D eigenvalue weighted by Gasteiger charge is -2.16. The van der Waals surface area contributed by atoms with Gasteiger partial charge in [0.05, 0.1) is 13.2 Å². The molecular formula is C24H38O6. The Morgan fingerprint density at radius 3 is 1.43 bits per heavy atom. The lowest BCUT2D eigenvalue weighted by Crippen LogP contribution is -2.16. The highest BCUT2D eigenvalue weighted by atomic mass is 16.5. The molecule has 0 heterocycles. The molecule has 1 aromatic carbocycles. The standard InChI is InChI=1S/C24H38O6/c1-5-9-11-17(7-3)15-29-23(27)19-13-22(26)20(14-21(19)25)24(28)30-16-18(8-4)12-10-6-2/h13-14,17-18,25-26H,5-12,15-16H2,1-4H3. The quantitative estimate of drug-likeness (QED) is 0.289. The van der Waals surface area contributed by atoms with E-state index < -0.39 is 23.4 Å². The van der Waals surface area contributed by atoms with Gasteiger partial charge in [0.25, 0.3) is 0 Å². The summed E-state index contributed by atoms with van der Waals surface area (Å²) < 4.78 is 10.6. The molecule has 0 fully saturated rings. The summed E-state index contributed by atoms with van der Waals surface area (Å²) in [6, 6.07) is 2.13. The van der Waals surface area contributed by atoms with Gasteiger partial charge in [-0.25, -0.2) is 9.59 Å². The van der Waals surface area contributed by atoms with Crippen LogP contribution in [0.25, 0.3) is 0 Å². The van der Waals surface area contributed by atoms with Crippen LogP contribution in [0.5, 0.6) is 11.5 Å². The highest BCUT2D eigenvalue weighted by Gasteiger charge is 2.22. The second-order valence-corrected chi connectivity index (χ2v) is 7.92. The fourth-order valence-electron chi connectivity index (χ4n) is 3.24. The Morgan fingerprint density at radius 2 is 1.13 bits per heavy atom. The van der Waals surface area contributed by atoms with E-state index in [4.69, 9.17) is 9.47 Å². The maximum atomic E-state index is 12.3. The first-order valence-electron chi connectivity index (χ1n) is 11.3. The number of hydrogen-bond donors (Lipinski definition) is 2. The van der Waals surface area contributed by atoms with Gasteiger partial charge in [-0.3, -0.25) is 0 Å². The van der Waals surface area contributed by atoms with E-state index in [-0.39, 0.29) is 36.2 Å². The van der Waals surface area contributed by atoms with E-state index in [0.29, 0.717) is 0 Å². The van der Waals surface area contributed by atoms with Crippen molar-refractivity contribution >= 4 is 11.9 Å². The molecular weight excluding hydrogens is 384 g/mol. The maximum absolute atomic E-state index is 12.3. The Bertz CT molecular complexity index is 612. The zero-order valence-electron chi connectivity index (χ0n) is 18.9. The van der Waals surface area contributed by atoms with E-state index in [1.807, 2.05) is 13.8 Å². The lowest BCUT2D eigenvalue weighted by atomic mass is 10.0. The van der Waals surface area contributed by atoms with Crippen LogP contribution in [-0.2, 0) is 9.47 Å². The van der Waals surface area contributed by atoms with Gasteiger partial charge in [0.2, 0.25) is 0 Å². The Morgan fingerprint density at radius 1 is 0.767 bits per heavy atom. The molecule has 0 radical (unpaired) electrons. The van der Waals surface area contributed by atoms with Gasteiger partial charge in [0, 0.05) is 0 Å². The molecule has 6 nitrogen and oxygen atoms in total. The number of unbranched alkanes of at least 4 members (excludes halogenated alkanes) is 2. The number of aromatic hydroxyl groups is 2. The lowest BCUT2D eigenvalue weighted by molar-refractivity contribution is 0.0408. The summed E-state index contributed by atoms with van der Waals surface area (Å²) in [4.78, 5) is 24.7. The zero-order chi connectivity index (χ0) is 22.5. The molecule has 0 aliphatic rings. The minimum absolute atomic E-state index is 0.163. The fourth-order valence-corrected chi connectivity index (χ4v) is 3.24. The molecule has 170 valence electrons. The first kappa shape index (κ1) is 25.8. The number of hydrogen-bond acceptors (Lipinski definition) is 6. The molecule has 0 bridgehead atoms. The van der Waals surface area contributed by atoms with Crippen molar-refractivity contribution in [2.45, 2.75) is 79.1 Å². The highest BCUT2D eigenvalue weighted by Crippen LogP contribution is 2.29. The largest absolute Gasteiger partial charge is 0.507 e. The first-order valence-corrected chi connectivity index (χ1v) is 11.3. The van der Waals surface area contributed by atoms with E-state index in [2.05, 4.69) is 13.8 Å². The van der Waals surface area contributed by atoms with Crippen molar-refractivity contribution in [3.8, 4) is 11.5 Å². The van der Waals surface area contributed by atoms with Gasteiger partial charge < -0.3 is 19.7 Å². The minimum atomic E-state index is -0.719. The van der Waals surface area contributed by atoms with E-state index in [1.54, 1.807) is 0 Å². The van der Waals surface area contributed by atoms with Crippen LogP contribution < -0.4 is 0 Å². The van der Waals surface area contributed by atoms with E-state index >= 15 is 0 Å². The van der Waals surface area contributed by atoms with E-state index in [0.717, 1.165) is 63.5 Å². The molecule has 0 aliphatic heterocycles. The van der Waals surface area contributed by atoms with E-state index in [9.17, 15) is 19.8 Å². The number of rotatable bonds is 14. The summed E-state index contributed by atoms with van der Waals surface area (Å²) >= 11 is 0. The van der Waals surface area contributed by atoms with Crippen LogP contribution in [-0.4, -0.2) is 35.4 Å². The molecule has 2 atom stereocenters. The topological polar surface area (TPSA) is 93.1 Å². The van der Waals surface area contributed by atoms with Crippen molar-refractivity contribution in [2.75, 3.05) is 13.2 Å². The SMILES string of the molecule is CCCCC(CC)COC(=O)c1cc(O)c(C(=O)OCC(CC)CCCC)cc1O. The van der Waals surface area contributed by atoms with Gasteiger partial charge in [0.15, 0.2) is 0 Å². The van der Waals surface area contributed by atoms with Crippen molar-refractivity contribution in [3.63, 3.8) is 0 Å². The molecule has 0 amide bonds. The number of phenolic OH excluding ortho intramolecular Hbond substituents is 2. The van der Waals surface area contributed by atoms with Crippen LogP contribution in [0.15, 0.2) is 12.1 Å². The fraction of sp³-hybridized carbons (Fsp3) is 0.667. The Labute approximate surface area is 180 Å². The summed E-state index contributed by atoms with van der Waals surface area (Å²) in [5.74, 6) is -1.74. The van der Waals surface area contributed by atoms with Crippen LogP contribution in [0.3, 0.4) is 0 Å². The number of esters is 2. The van der Waals surface area contributed by atoms with Crippen molar-refractivity contribution < 1.29 is 29.3 Å². The predicted molar refractivity (Wildman–Crippen MR) is 117 cm³/mol. The number of carbonyl (C=O) groups excluding carboxylic acids is 2. The Hall–Kier alpha value is -2.24. The number of phenols is 2. The van der Waals surface area contributed by atoms with Crippen molar-refractivity contribution in [1.29, 1.82) is 0 Å². The molecule has 1 rings (SSSR count). The predicted octanol–water partition coefficient (Wildman–Crippen LogP) is 5.84. The third-order valence-electron chi connectivity index (χ3n) is 5.54. The zero-order valence-corrected chi connectivity index (χ0v) is 18.9. The van der Waals surface area contributed by atoms with Crippen molar-refractivity contribution in [3.05, 3.63) is 23.3 Å². The Kier molecular flexibility index (Phi) is 11.9. The van der Waals surface area contributed by atoms with Gasteiger partial charge >= 0.3 is 11.9 Å². The molecule has 0 aromatic heterocycles. The monoisotopic (exact) mass is 422 g/mol. The van der Waals surface area contributed by atoms with Crippen LogP contribution in [0, 0.1) is 11.8 Å². The van der Waals surface area contributed by atoms with Gasteiger partial charge in [-0.15, -0.1) is 0 Å². The average molecular weight is 423 g/mol. The molecule has 0 saturated heterocycles. The van der Waals surface area contributed by atoms with Gasteiger partial charge in [-0.2, -0.15) is 0 Å². The third-order valence-corrected chi connectivity index (χ3v) is 5.54. The summed E-state index contributed by atoms with van der Waals surface area (Å²) in [6.07, 6.45) is 8.02. The van der Waals surface area contributed by atoms with Crippen molar-refractivity contribution in [1.82, 2.24) is 0 Å². The number of carbonyl (C=O) groups is 2. The van der Waals surface area contributed by atoms with Crippen LogP contribution in [0.4, 0.5) is 0 Å². The van der Waals surface area contributed by atoms with Crippen LogP contribution in [0.2, 0.25) is 0 Å². The molecule has 0 aliphatic carbocycles. The summed E-state index contributed by atoms with van der Waals surface area (Å²) in [5.41, 5.74) is -0.326. The Balaban J connectivity index is 2.75. The van der Waals surface area contributed by atoms with Gasteiger partial charge in [-0.1, -0.05) is 66.2 Å². The normalized spacial score (nSPS) is 12.9. The third kappa shape index (κ3) is 8.25. The molecule has 30 heavy (non-hydrogen) atoms. The van der Waals surface area contributed by atoms with Crippen LogP contribution in [0.1, 0.15) is 99.8 Å². The average Bonchev–Trinajstić information content (AvgIpc) is 2.74. The molecule has 1 aromatic rings. The second-order valence-electron chi connectivity index (χ2n) is 7.92. The highest BCUT2D eigenvalue weighted by molar-refractivity contribution is 5.98. The summed E-state index contributed by atoms with van der Waals surface area (Å²) in [6.45, 7) is 8.83. The molecule has 0 spiro atoms. The number of ether oxygens (including phenoxy) is 2. The number of benzene rings is 1. The minimum Gasteiger partial charge on any atom is -0.507 e. The first-order chi connectivity index (χ1) is 14.4. The molecule has 0 saturated carbocycles. The summed E-state index contributed by atoms with van der Waals surface area (Å²) in [7, 11) is 0. The van der Waals surface area contributed by atoms with Gasteiger partial charge in [0.1, 0.15) is 22.6 Å². The summed E-state index contributed by atoms with van der Waals surface area (Å²) in [5, 5.41) is 20.4. The molecule has 6 heteroatoms. The molecule has 2 N–H and O–H groups in total. The van der Waals surface area contributed by atoms with E-state index in [1.165, 1.54) is 0 Å². The molecule has 2 unspecified atom stereocenters. The maximum Gasteiger partial charge on any atom is 0.342 e. The smallest absolute Gasteiger partial charge is 0.342 e. The second kappa shape index (κ2) is 13.9.